The molecule has 5 heteroatoms. The smallest absolute Gasteiger partial charge is 0.251 e. The van der Waals surface area contributed by atoms with Crippen molar-refractivity contribution in [2.45, 2.75) is 39.2 Å². The van der Waals surface area contributed by atoms with Gasteiger partial charge in [0, 0.05) is 11.6 Å². The fourth-order valence-electron chi connectivity index (χ4n) is 3.09. The second-order valence-corrected chi connectivity index (χ2v) is 6.45. The van der Waals surface area contributed by atoms with E-state index in [1.165, 1.54) is 20.6 Å². The molecule has 0 spiro atoms. The number of nitrogens with one attached hydrogen (secondary N) is 1. The number of hydrogen-bond donors (Lipinski definition) is 1. The van der Waals surface area contributed by atoms with Gasteiger partial charge in [0.2, 0.25) is 0 Å². The number of rotatable bonds is 4. The van der Waals surface area contributed by atoms with Crippen molar-refractivity contribution in [2.75, 3.05) is 14.2 Å². The summed E-state index contributed by atoms with van der Waals surface area (Å²) in [5.74, 6) is 1.90. The minimum Gasteiger partial charge on any atom is -0.493 e. The molecule has 0 heterocycles. The zero-order chi connectivity index (χ0) is 16.3. The van der Waals surface area contributed by atoms with Crippen molar-refractivity contribution in [3.63, 3.8) is 0 Å². The lowest BCUT2D eigenvalue weighted by molar-refractivity contribution is 0.0890. The monoisotopic (exact) mass is 325 g/mol. The summed E-state index contributed by atoms with van der Waals surface area (Å²) in [4.78, 5) is 12.5. The largest absolute Gasteiger partial charge is 0.493 e. The number of halogens is 1. The van der Waals surface area contributed by atoms with Crippen molar-refractivity contribution in [1.82, 2.24) is 5.32 Å². The molecule has 1 amide bonds. The van der Waals surface area contributed by atoms with Crippen LogP contribution in [0.5, 0.6) is 11.5 Å². The zero-order valence-electron chi connectivity index (χ0n) is 13.6. The van der Waals surface area contributed by atoms with Crippen LogP contribution in [0.2, 0.25) is 5.02 Å². The molecule has 0 saturated heterocycles. The normalized spacial score (nSPS) is 24.7. The lowest BCUT2D eigenvalue weighted by atomic mass is 9.78. The maximum absolute atomic E-state index is 12.5. The summed E-state index contributed by atoms with van der Waals surface area (Å²) in [5.41, 5.74) is 0.494. The highest BCUT2D eigenvalue weighted by molar-refractivity contribution is 6.32. The summed E-state index contributed by atoms with van der Waals surface area (Å²) < 4.78 is 10.4. The van der Waals surface area contributed by atoms with E-state index in [2.05, 4.69) is 19.2 Å². The molecule has 0 aliphatic heterocycles. The minimum atomic E-state index is -0.117. The zero-order valence-corrected chi connectivity index (χ0v) is 14.4. The summed E-state index contributed by atoms with van der Waals surface area (Å²) in [6.07, 6.45) is 3.41. The van der Waals surface area contributed by atoms with Crippen molar-refractivity contribution in [3.05, 3.63) is 22.7 Å². The van der Waals surface area contributed by atoms with Crippen molar-refractivity contribution in [1.29, 1.82) is 0 Å². The van der Waals surface area contributed by atoms with E-state index in [0.717, 1.165) is 12.8 Å². The highest BCUT2D eigenvalue weighted by Gasteiger charge is 2.28. The van der Waals surface area contributed by atoms with E-state index in [9.17, 15) is 4.79 Å². The van der Waals surface area contributed by atoms with Crippen LogP contribution in [0.25, 0.3) is 0 Å². The third kappa shape index (κ3) is 3.49. The Labute approximate surface area is 137 Å². The first kappa shape index (κ1) is 16.9. The molecule has 2 rings (SSSR count). The molecule has 1 N–H and O–H groups in total. The minimum absolute atomic E-state index is 0.117. The Balaban J connectivity index is 2.17. The van der Waals surface area contributed by atoms with Gasteiger partial charge in [0.1, 0.15) is 0 Å². The Kier molecular flexibility index (Phi) is 5.57. The van der Waals surface area contributed by atoms with Gasteiger partial charge in [-0.1, -0.05) is 38.3 Å². The standard InChI is InChI=1S/C17H24ClNO3/c1-10-6-5-7-14(11(10)2)19-17(20)12-8-13(18)16(22-4)15(9-12)21-3/h8-11,14H,5-7H2,1-4H3,(H,19,20)/t10-,11+,14+/m0/s1. The van der Waals surface area contributed by atoms with E-state index in [0.29, 0.717) is 33.9 Å². The summed E-state index contributed by atoms with van der Waals surface area (Å²) in [7, 11) is 3.05. The van der Waals surface area contributed by atoms with Crippen LogP contribution in [0.3, 0.4) is 0 Å². The van der Waals surface area contributed by atoms with Gasteiger partial charge < -0.3 is 14.8 Å². The molecule has 0 radical (unpaired) electrons. The fourth-order valence-corrected chi connectivity index (χ4v) is 3.37. The summed E-state index contributed by atoms with van der Waals surface area (Å²) in [6.45, 7) is 4.45. The van der Waals surface area contributed by atoms with Gasteiger partial charge in [-0.25, -0.2) is 0 Å². The Morgan fingerprint density at radius 3 is 2.59 bits per heavy atom. The summed E-state index contributed by atoms with van der Waals surface area (Å²) in [5, 5.41) is 3.51. The molecule has 1 aromatic rings. The molecule has 0 unspecified atom stereocenters. The topological polar surface area (TPSA) is 47.6 Å². The van der Waals surface area contributed by atoms with Crippen molar-refractivity contribution in [3.8, 4) is 11.5 Å². The first-order chi connectivity index (χ1) is 10.5. The Morgan fingerprint density at radius 1 is 1.23 bits per heavy atom. The molecule has 1 aliphatic carbocycles. The average Bonchev–Trinajstić information content (AvgIpc) is 2.50. The molecule has 4 nitrogen and oxygen atoms in total. The molecular formula is C17H24ClNO3. The number of carbonyl (C=O) groups excluding carboxylic acids is 1. The van der Waals surface area contributed by atoms with Gasteiger partial charge in [-0.2, -0.15) is 0 Å². The van der Waals surface area contributed by atoms with E-state index in [-0.39, 0.29) is 11.9 Å². The number of methoxy groups -OCH3 is 2. The predicted octanol–water partition coefficient (Wildman–Crippen LogP) is 3.91. The van der Waals surface area contributed by atoms with Crippen LogP contribution >= 0.6 is 11.6 Å². The van der Waals surface area contributed by atoms with Crippen LogP contribution in [-0.2, 0) is 0 Å². The van der Waals surface area contributed by atoms with Crippen LogP contribution < -0.4 is 14.8 Å². The third-order valence-electron chi connectivity index (χ3n) is 4.72. The molecule has 1 fully saturated rings. The number of ether oxygens (including phenoxy) is 2. The molecule has 22 heavy (non-hydrogen) atoms. The second-order valence-electron chi connectivity index (χ2n) is 6.04. The maximum Gasteiger partial charge on any atom is 0.251 e. The van der Waals surface area contributed by atoms with Crippen LogP contribution in [0.4, 0.5) is 0 Å². The Morgan fingerprint density at radius 2 is 1.95 bits per heavy atom. The van der Waals surface area contributed by atoms with Gasteiger partial charge >= 0.3 is 0 Å². The number of carbonyl (C=O) groups is 1. The van der Waals surface area contributed by atoms with Crippen LogP contribution in [0.15, 0.2) is 12.1 Å². The average molecular weight is 326 g/mol. The predicted molar refractivity (Wildman–Crippen MR) is 88.0 cm³/mol. The van der Waals surface area contributed by atoms with Crippen molar-refractivity contribution < 1.29 is 14.3 Å². The molecule has 1 aromatic carbocycles. The third-order valence-corrected chi connectivity index (χ3v) is 5.00. The second kappa shape index (κ2) is 7.23. The Hall–Kier alpha value is -1.42. The first-order valence-electron chi connectivity index (χ1n) is 7.70. The summed E-state index contributed by atoms with van der Waals surface area (Å²) >= 11 is 6.17. The molecule has 122 valence electrons. The SMILES string of the molecule is COc1cc(C(=O)N[C@@H]2CCC[C@H](C)[C@H]2C)cc(Cl)c1OC. The lowest BCUT2D eigenvalue weighted by Gasteiger charge is -2.34. The van der Waals surface area contributed by atoms with E-state index < -0.39 is 0 Å². The van der Waals surface area contributed by atoms with Gasteiger partial charge in [0.15, 0.2) is 11.5 Å². The number of amides is 1. The summed E-state index contributed by atoms with van der Waals surface area (Å²) in [6, 6.07) is 3.50. The molecule has 1 aliphatic rings. The van der Waals surface area contributed by atoms with Gasteiger partial charge in [0.25, 0.3) is 5.91 Å². The number of benzene rings is 1. The van der Waals surface area contributed by atoms with Crippen LogP contribution in [-0.4, -0.2) is 26.2 Å². The van der Waals surface area contributed by atoms with Crippen molar-refractivity contribution in [2.24, 2.45) is 11.8 Å². The van der Waals surface area contributed by atoms with Gasteiger partial charge in [-0.3, -0.25) is 4.79 Å². The van der Waals surface area contributed by atoms with Crippen LogP contribution in [0.1, 0.15) is 43.5 Å². The van der Waals surface area contributed by atoms with E-state index in [1.54, 1.807) is 12.1 Å². The van der Waals surface area contributed by atoms with Gasteiger partial charge in [0.05, 0.1) is 19.2 Å². The molecule has 0 aromatic heterocycles. The highest BCUT2D eigenvalue weighted by atomic mass is 35.5. The van der Waals surface area contributed by atoms with E-state index in [1.807, 2.05) is 0 Å². The lowest BCUT2D eigenvalue weighted by Crippen LogP contribution is -2.43. The molecule has 3 atom stereocenters. The fraction of sp³-hybridized carbons (Fsp3) is 0.588. The molecule has 1 saturated carbocycles. The molecule has 0 bridgehead atoms. The number of hydrogen-bond acceptors (Lipinski definition) is 3. The van der Waals surface area contributed by atoms with Crippen LogP contribution in [0, 0.1) is 11.8 Å². The Bertz CT molecular complexity index is 547. The molecular weight excluding hydrogens is 302 g/mol. The quantitative estimate of drug-likeness (QED) is 0.913. The van der Waals surface area contributed by atoms with Crippen molar-refractivity contribution >= 4 is 17.5 Å². The highest BCUT2D eigenvalue weighted by Crippen LogP contribution is 2.36. The van der Waals surface area contributed by atoms with E-state index >= 15 is 0 Å². The van der Waals surface area contributed by atoms with E-state index in [4.69, 9.17) is 21.1 Å². The van der Waals surface area contributed by atoms with Gasteiger partial charge in [-0.05, 0) is 30.4 Å². The maximum atomic E-state index is 12.5. The first-order valence-corrected chi connectivity index (χ1v) is 8.08. The van der Waals surface area contributed by atoms with Gasteiger partial charge in [-0.15, -0.1) is 0 Å².